The minimum absolute atomic E-state index is 0.184. The second kappa shape index (κ2) is 8.79. The Kier molecular flexibility index (Phi) is 6.72. The maximum Gasteiger partial charge on any atom is 0.191 e. The van der Waals surface area contributed by atoms with Gasteiger partial charge in [0.15, 0.2) is 5.96 Å². The molecule has 0 bridgehead atoms. The van der Waals surface area contributed by atoms with Crippen molar-refractivity contribution in [2.75, 3.05) is 20.2 Å². The van der Waals surface area contributed by atoms with Gasteiger partial charge in [-0.15, -0.1) is 0 Å². The lowest BCUT2D eigenvalue weighted by molar-refractivity contribution is -0.0265. The van der Waals surface area contributed by atoms with Crippen molar-refractivity contribution in [2.24, 2.45) is 10.9 Å². The summed E-state index contributed by atoms with van der Waals surface area (Å²) in [5.74, 6) is 1.36. The summed E-state index contributed by atoms with van der Waals surface area (Å²) in [6.45, 7) is 6.08. The van der Waals surface area contributed by atoms with Crippen molar-refractivity contribution in [2.45, 2.75) is 45.3 Å². The number of nitrogens with zero attached hydrogens (tertiary/aromatic N) is 1. The number of hydrogen-bond donors (Lipinski definition) is 2. The van der Waals surface area contributed by atoms with Gasteiger partial charge >= 0.3 is 0 Å². The maximum absolute atomic E-state index is 6.04. The van der Waals surface area contributed by atoms with Crippen molar-refractivity contribution in [3.05, 3.63) is 35.9 Å². The van der Waals surface area contributed by atoms with Crippen LogP contribution in [0, 0.1) is 5.92 Å². The molecule has 1 aliphatic rings. The van der Waals surface area contributed by atoms with Crippen LogP contribution in [0.15, 0.2) is 35.3 Å². The third-order valence-corrected chi connectivity index (χ3v) is 4.32. The summed E-state index contributed by atoms with van der Waals surface area (Å²) in [7, 11) is 1.82. The summed E-state index contributed by atoms with van der Waals surface area (Å²) in [6, 6.07) is 11.0. The van der Waals surface area contributed by atoms with Gasteiger partial charge in [0.25, 0.3) is 0 Å². The second-order valence-corrected chi connectivity index (χ2v) is 6.01. The molecule has 0 aliphatic carbocycles. The Bertz CT molecular complexity index is 461. The van der Waals surface area contributed by atoms with Crippen LogP contribution < -0.4 is 10.6 Å². The fourth-order valence-electron chi connectivity index (χ4n) is 2.82. The van der Waals surface area contributed by atoms with Gasteiger partial charge in [-0.25, -0.2) is 0 Å². The molecule has 22 heavy (non-hydrogen) atoms. The van der Waals surface area contributed by atoms with Gasteiger partial charge in [-0.2, -0.15) is 0 Å². The lowest BCUT2D eigenvalue weighted by atomic mass is 9.89. The van der Waals surface area contributed by atoms with E-state index >= 15 is 0 Å². The molecule has 1 aliphatic heterocycles. The number of hydrogen-bond acceptors (Lipinski definition) is 2. The van der Waals surface area contributed by atoms with Crippen LogP contribution in [0.25, 0.3) is 0 Å². The molecule has 1 saturated heterocycles. The van der Waals surface area contributed by atoms with E-state index in [1.165, 1.54) is 12.0 Å². The van der Waals surface area contributed by atoms with Gasteiger partial charge in [-0.1, -0.05) is 37.3 Å². The minimum Gasteiger partial charge on any atom is -0.373 e. The highest BCUT2D eigenvalue weighted by Gasteiger charge is 2.27. The molecule has 0 amide bonds. The first-order valence-electron chi connectivity index (χ1n) is 8.38. The number of aliphatic imine (C=N–C) groups is 1. The van der Waals surface area contributed by atoms with Crippen molar-refractivity contribution < 1.29 is 4.74 Å². The summed E-state index contributed by atoms with van der Waals surface area (Å²) < 4.78 is 6.04. The predicted molar refractivity (Wildman–Crippen MR) is 92.1 cm³/mol. The molecule has 1 aromatic carbocycles. The van der Waals surface area contributed by atoms with E-state index in [9.17, 15) is 0 Å². The summed E-state index contributed by atoms with van der Waals surface area (Å²) in [5.41, 5.74) is 1.28. The molecule has 4 heteroatoms. The number of guanidine groups is 1. The molecule has 2 rings (SSSR count). The second-order valence-electron chi connectivity index (χ2n) is 6.01. The van der Waals surface area contributed by atoms with E-state index in [1.54, 1.807) is 0 Å². The molecule has 0 spiro atoms. The molecule has 3 atom stereocenters. The highest BCUT2D eigenvalue weighted by atomic mass is 16.5. The molecular weight excluding hydrogens is 274 g/mol. The molecule has 0 aromatic heterocycles. The first-order chi connectivity index (χ1) is 10.7. The number of rotatable bonds is 5. The Labute approximate surface area is 134 Å². The predicted octanol–water partition coefficient (Wildman–Crippen LogP) is 3.12. The number of nitrogens with one attached hydrogen (secondary N) is 2. The highest BCUT2D eigenvalue weighted by molar-refractivity contribution is 5.79. The van der Waals surface area contributed by atoms with Crippen LogP contribution >= 0.6 is 0 Å². The standard InChI is InChI=1S/C18H29N3O/c1-4-14(2)21-18(19-3)20-13-16-11-8-12-22-17(16)15-9-6-5-7-10-15/h5-7,9-10,14,16-17H,4,8,11-13H2,1-3H3,(H2,19,20,21). The summed E-state index contributed by atoms with van der Waals surface area (Å²) in [5, 5.41) is 6.87. The SMILES string of the molecule is CCC(C)NC(=NC)NCC1CCCOC1c1ccccc1. The molecule has 0 saturated carbocycles. The molecule has 1 aromatic rings. The monoisotopic (exact) mass is 303 g/mol. The lowest BCUT2D eigenvalue weighted by Crippen LogP contribution is -2.45. The molecule has 4 nitrogen and oxygen atoms in total. The Morgan fingerprint density at radius 1 is 1.36 bits per heavy atom. The van der Waals surface area contributed by atoms with E-state index < -0.39 is 0 Å². The van der Waals surface area contributed by atoms with Crippen LogP contribution in [-0.4, -0.2) is 32.2 Å². The van der Waals surface area contributed by atoms with E-state index in [0.29, 0.717) is 12.0 Å². The molecular formula is C18H29N3O. The Morgan fingerprint density at radius 2 is 2.14 bits per heavy atom. The zero-order valence-electron chi connectivity index (χ0n) is 14.0. The first-order valence-corrected chi connectivity index (χ1v) is 8.38. The van der Waals surface area contributed by atoms with Gasteiger partial charge in [-0.05, 0) is 31.7 Å². The summed E-state index contributed by atoms with van der Waals surface area (Å²) in [6.07, 6.45) is 3.59. The van der Waals surface area contributed by atoms with Crippen LogP contribution in [0.5, 0.6) is 0 Å². The largest absolute Gasteiger partial charge is 0.373 e. The third-order valence-electron chi connectivity index (χ3n) is 4.32. The summed E-state index contributed by atoms with van der Waals surface area (Å²) >= 11 is 0. The molecule has 122 valence electrons. The van der Waals surface area contributed by atoms with Crippen molar-refractivity contribution >= 4 is 5.96 Å². The number of benzene rings is 1. The molecule has 2 N–H and O–H groups in total. The van der Waals surface area contributed by atoms with E-state index in [-0.39, 0.29) is 6.10 Å². The zero-order valence-corrected chi connectivity index (χ0v) is 14.0. The average molecular weight is 303 g/mol. The highest BCUT2D eigenvalue weighted by Crippen LogP contribution is 2.32. The Morgan fingerprint density at radius 3 is 2.82 bits per heavy atom. The van der Waals surface area contributed by atoms with Gasteiger partial charge < -0.3 is 15.4 Å². The van der Waals surface area contributed by atoms with Crippen molar-refractivity contribution in [1.82, 2.24) is 10.6 Å². The van der Waals surface area contributed by atoms with E-state index in [1.807, 2.05) is 7.05 Å². The van der Waals surface area contributed by atoms with Crippen LogP contribution in [0.2, 0.25) is 0 Å². The van der Waals surface area contributed by atoms with Crippen LogP contribution in [0.3, 0.4) is 0 Å². The fourth-order valence-corrected chi connectivity index (χ4v) is 2.82. The lowest BCUT2D eigenvalue weighted by Gasteiger charge is -2.32. The van der Waals surface area contributed by atoms with Crippen molar-refractivity contribution in [1.29, 1.82) is 0 Å². The van der Waals surface area contributed by atoms with Crippen molar-refractivity contribution in [3.8, 4) is 0 Å². The normalized spacial score (nSPS) is 23.9. The van der Waals surface area contributed by atoms with Gasteiger partial charge in [0, 0.05) is 32.2 Å². The topological polar surface area (TPSA) is 45.7 Å². The van der Waals surface area contributed by atoms with Gasteiger partial charge in [0.2, 0.25) is 0 Å². The van der Waals surface area contributed by atoms with Gasteiger partial charge in [0.1, 0.15) is 0 Å². The Balaban J connectivity index is 1.94. The van der Waals surface area contributed by atoms with E-state index in [2.05, 4.69) is 59.8 Å². The average Bonchev–Trinajstić information content (AvgIpc) is 2.59. The van der Waals surface area contributed by atoms with Gasteiger partial charge in [0.05, 0.1) is 6.10 Å². The van der Waals surface area contributed by atoms with Gasteiger partial charge in [-0.3, -0.25) is 4.99 Å². The quantitative estimate of drug-likeness (QED) is 0.649. The first kappa shape index (κ1) is 16.8. The molecule has 3 unspecified atom stereocenters. The van der Waals surface area contributed by atoms with Crippen LogP contribution in [0.4, 0.5) is 0 Å². The third kappa shape index (κ3) is 4.73. The van der Waals surface area contributed by atoms with Crippen LogP contribution in [0.1, 0.15) is 44.8 Å². The molecule has 1 fully saturated rings. The fraction of sp³-hybridized carbons (Fsp3) is 0.611. The molecule has 0 radical (unpaired) electrons. The maximum atomic E-state index is 6.04. The molecule has 1 heterocycles. The summed E-state index contributed by atoms with van der Waals surface area (Å²) in [4.78, 5) is 4.31. The minimum atomic E-state index is 0.184. The van der Waals surface area contributed by atoms with E-state index in [0.717, 1.165) is 32.0 Å². The zero-order chi connectivity index (χ0) is 15.8. The Hall–Kier alpha value is -1.55. The van der Waals surface area contributed by atoms with Crippen LogP contribution in [-0.2, 0) is 4.74 Å². The van der Waals surface area contributed by atoms with Crippen molar-refractivity contribution in [3.63, 3.8) is 0 Å². The number of ether oxygens (including phenoxy) is 1. The smallest absolute Gasteiger partial charge is 0.191 e. The van der Waals surface area contributed by atoms with E-state index in [4.69, 9.17) is 4.74 Å².